The molecule has 18 heavy (non-hydrogen) atoms. The molecule has 0 heterocycles. The third-order valence-corrected chi connectivity index (χ3v) is 4.93. The third kappa shape index (κ3) is 1.37. The Kier molecular flexibility index (Phi) is 2.50. The molecule has 1 unspecified atom stereocenters. The first-order valence-corrected chi connectivity index (χ1v) is 6.85. The number of hydrogen-bond donors (Lipinski definition) is 1. The molecule has 1 saturated carbocycles. The second kappa shape index (κ2) is 3.83. The van der Waals surface area contributed by atoms with Crippen molar-refractivity contribution in [3.05, 3.63) is 34.9 Å². The van der Waals surface area contributed by atoms with Gasteiger partial charge < -0.3 is 5.11 Å². The molecule has 2 aliphatic rings. The summed E-state index contributed by atoms with van der Waals surface area (Å²) < 4.78 is 0. The summed E-state index contributed by atoms with van der Waals surface area (Å²) in [5, 5.41) is 20.8. The van der Waals surface area contributed by atoms with E-state index in [4.69, 9.17) is 0 Å². The van der Waals surface area contributed by atoms with Crippen molar-refractivity contribution in [2.45, 2.75) is 51.0 Å². The summed E-state index contributed by atoms with van der Waals surface area (Å²) in [4.78, 5) is 0. The van der Waals surface area contributed by atoms with Gasteiger partial charge in [0.15, 0.2) is 0 Å². The second-order valence-corrected chi connectivity index (χ2v) is 5.92. The number of nitriles is 1. The number of nitrogens with zero attached hydrogens (tertiary/aromatic N) is 1. The van der Waals surface area contributed by atoms with E-state index in [9.17, 15) is 10.4 Å². The van der Waals surface area contributed by atoms with E-state index < -0.39 is 11.0 Å². The van der Waals surface area contributed by atoms with Crippen LogP contribution in [0.25, 0.3) is 0 Å². The van der Waals surface area contributed by atoms with E-state index in [0.717, 1.165) is 37.7 Å². The second-order valence-electron chi connectivity index (χ2n) is 5.92. The highest BCUT2D eigenvalue weighted by molar-refractivity contribution is 5.43. The molecule has 0 aromatic heterocycles. The standard InChI is InChI=1S/C16H19NO/c1-12-4-5-13-6-9-16(18,14(13)10-12)15(11-17)7-2-3-8-15/h4-5,10,18H,2-3,6-9H2,1H3. The van der Waals surface area contributed by atoms with Crippen LogP contribution in [0.2, 0.25) is 0 Å². The normalized spacial score (nSPS) is 28.9. The molecule has 1 N–H and O–H groups in total. The Hall–Kier alpha value is -1.33. The van der Waals surface area contributed by atoms with Gasteiger partial charge in [-0.05, 0) is 43.7 Å². The highest BCUT2D eigenvalue weighted by Crippen LogP contribution is 2.56. The lowest BCUT2D eigenvalue weighted by atomic mass is 9.68. The topological polar surface area (TPSA) is 44.0 Å². The monoisotopic (exact) mass is 241 g/mol. The molecule has 0 radical (unpaired) electrons. The Morgan fingerprint density at radius 1 is 1.22 bits per heavy atom. The van der Waals surface area contributed by atoms with Crippen LogP contribution in [0.4, 0.5) is 0 Å². The summed E-state index contributed by atoms with van der Waals surface area (Å²) in [6, 6.07) is 8.76. The Morgan fingerprint density at radius 3 is 2.61 bits per heavy atom. The van der Waals surface area contributed by atoms with Crippen molar-refractivity contribution in [3.8, 4) is 6.07 Å². The highest BCUT2D eigenvalue weighted by atomic mass is 16.3. The Morgan fingerprint density at radius 2 is 1.94 bits per heavy atom. The average Bonchev–Trinajstić information content (AvgIpc) is 2.97. The molecule has 3 rings (SSSR count). The lowest BCUT2D eigenvalue weighted by Gasteiger charge is -2.38. The van der Waals surface area contributed by atoms with Crippen molar-refractivity contribution in [1.29, 1.82) is 5.26 Å². The predicted molar refractivity (Wildman–Crippen MR) is 69.9 cm³/mol. The third-order valence-electron chi connectivity index (χ3n) is 4.93. The number of benzene rings is 1. The van der Waals surface area contributed by atoms with Gasteiger partial charge in [-0.2, -0.15) is 5.26 Å². The Balaban J connectivity index is 2.14. The zero-order chi connectivity index (χ0) is 12.8. The molecule has 0 spiro atoms. The van der Waals surface area contributed by atoms with Gasteiger partial charge in [0.25, 0.3) is 0 Å². The first kappa shape index (κ1) is 11.7. The van der Waals surface area contributed by atoms with Crippen molar-refractivity contribution >= 4 is 0 Å². The summed E-state index contributed by atoms with van der Waals surface area (Å²) in [5.41, 5.74) is 1.95. The van der Waals surface area contributed by atoms with Crippen LogP contribution in [0, 0.1) is 23.7 Å². The van der Waals surface area contributed by atoms with E-state index >= 15 is 0 Å². The van der Waals surface area contributed by atoms with Crippen molar-refractivity contribution in [1.82, 2.24) is 0 Å². The zero-order valence-electron chi connectivity index (χ0n) is 10.9. The minimum absolute atomic E-state index is 0.550. The van der Waals surface area contributed by atoms with E-state index in [1.54, 1.807) is 0 Å². The fourth-order valence-electron chi connectivity index (χ4n) is 3.84. The summed E-state index contributed by atoms with van der Waals surface area (Å²) in [5.74, 6) is 0. The van der Waals surface area contributed by atoms with Crippen LogP contribution in [0.15, 0.2) is 18.2 Å². The van der Waals surface area contributed by atoms with Gasteiger partial charge in [0.1, 0.15) is 5.60 Å². The molecule has 2 heteroatoms. The lowest BCUT2D eigenvalue weighted by Crippen LogP contribution is -2.41. The molecular formula is C16H19NO. The zero-order valence-corrected chi connectivity index (χ0v) is 10.9. The number of rotatable bonds is 1. The smallest absolute Gasteiger partial charge is 0.109 e. The largest absolute Gasteiger partial charge is 0.383 e. The van der Waals surface area contributed by atoms with E-state index in [-0.39, 0.29) is 0 Å². The maximum Gasteiger partial charge on any atom is 0.109 e. The van der Waals surface area contributed by atoms with Crippen LogP contribution in [-0.2, 0) is 12.0 Å². The van der Waals surface area contributed by atoms with E-state index in [1.807, 2.05) is 6.92 Å². The summed E-state index contributed by atoms with van der Waals surface area (Å²) in [7, 11) is 0. The van der Waals surface area contributed by atoms with Gasteiger partial charge in [-0.3, -0.25) is 0 Å². The molecule has 0 amide bonds. The summed E-state index contributed by atoms with van der Waals surface area (Å²) >= 11 is 0. The van der Waals surface area contributed by atoms with Crippen molar-refractivity contribution in [2.75, 3.05) is 0 Å². The quantitative estimate of drug-likeness (QED) is 0.820. The first-order chi connectivity index (χ1) is 8.61. The molecule has 1 fully saturated rings. The van der Waals surface area contributed by atoms with Crippen LogP contribution in [0.3, 0.4) is 0 Å². The highest BCUT2D eigenvalue weighted by Gasteiger charge is 2.55. The minimum Gasteiger partial charge on any atom is -0.383 e. The molecule has 1 aromatic carbocycles. The first-order valence-electron chi connectivity index (χ1n) is 6.85. The van der Waals surface area contributed by atoms with Gasteiger partial charge in [-0.15, -0.1) is 0 Å². The fourth-order valence-corrected chi connectivity index (χ4v) is 3.84. The van der Waals surface area contributed by atoms with Crippen molar-refractivity contribution < 1.29 is 5.11 Å². The van der Waals surface area contributed by atoms with Crippen LogP contribution in [-0.4, -0.2) is 5.11 Å². The molecule has 1 aromatic rings. The van der Waals surface area contributed by atoms with Crippen LogP contribution >= 0.6 is 0 Å². The maximum atomic E-state index is 11.2. The van der Waals surface area contributed by atoms with Gasteiger partial charge in [-0.25, -0.2) is 0 Å². The number of hydrogen-bond acceptors (Lipinski definition) is 2. The van der Waals surface area contributed by atoms with Gasteiger partial charge in [-0.1, -0.05) is 36.6 Å². The van der Waals surface area contributed by atoms with E-state index in [1.165, 1.54) is 11.1 Å². The lowest BCUT2D eigenvalue weighted by molar-refractivity contribution is -0.0576. The van der Waals surface area contributed by atoms with Gasteiger partial charge in [0.2, 0.25) is 0 Å². The van der Waals surface area contributed by atoms with Gasteiger partial charge >= 0.3 is 0 Å². The molecule has 1 atom stereocenters. The average molecular weight is 241 g/mol. The molecule has 0 aliphatic heterocycles. The molecule has 94 valence electrons. The number of aryl methyl sites for hydroxylation is 2. The number of aliphatic hydroxyl groups is 1. The van der Waals surface area contributed by atoms with Crippen LogP contribution in [0.5, 0.6) is 0 Å². The van der Waals surface area contributed by atoms with Crippen molar-refractivity contribution in [2.24, 2.45) is 5.41 Å². The van der Waals surface area contributed by atoms with Crippen molar-refractivity contribution in [3.63, 3.8) is 0 Å². The maximum absolute atomic E-state index is 11.2. The SMILES string of the molecule is Cc1ccc2c(c1)C(O)(C1(C#N)CCCC1)CC2. The Bertz CT molecular complexity index is 522. The summed E-state index contributed by atoms with van der Waals surface area (Å²) in [6.45, 7) is 2.05. The molecule has 2 nitrogen and oxygen atoms in total. The minimum atomic E-state index is -0.917. The van der Waals surface area contributed by atoms with Gasteiger partial charge in [0.05, 0.1) is 11.5 Å². The van der Waals surface area contributed by atoms with E-state index in [2.05, 4.69) is 24.3 Å². The molecular weight excluding hydrogens is 222 g/mol. The van der Waals surface area contributed by atoms with Crippen LogP contribution < -0.4 is 0 Å². The van der Waals surface area contributed by atoms with Gasteiger partial charge in [0, 0.05) is 0 Å². The fraction of sp³-hybridized carbons (Fsp3) is 0.562. The molecule has 2 aliphatic carbocycles. The van der Waals surface area contributed by atoms with E-state index in [0.29, 0.717) is 6.42 Å². The molecule has 0 saturated heterocycles. The molecule has 0 bridgehead atoms. The predicted octanol–water partition coefficient (Wildman–Crippen LogP) is 3.21. The Labute approximate surface area is 108 Å². The van der Waals surface area contributed by atoms with Crippen LogP contribution in [0.1, 0.15) is 48.8 Å². The number of fused-ring (bicyclic) bond motifs is 1. The summed E-state index contributed by atoms with van der Waals surface area (Å²) in [6.07, 6.45) is 5.42.